The minimum atomic E-state index is -0.638. The van der Waals surface area contributed by atoms with Gasteiger partial charge in [0.2, 0.25) is 6.08 Å². The number of amides is 1. The van der Waals surface area contributed by atoms with Gasteiger partial charge in [-0.2, -0.15) is 0 Å². The SMILES string of the molecule is CC(C)Oc1ccccc1C(=O)N=C=O. The van der Waals surface area contributed by atoms with Crippen molar-refractivity contribution in [2.24, 2.45) is 4.99 Å². The Morgan fingerprint density at radius 2 is 2.07 bits per heavy atom. The van der Waals surface area contributed by atoms with Crippen molar-refractivity contribution in [3.63, 3.8) is 0 Å². The molecule has 0 radical (unpaired) electrons. The molecule has 1 rings (SSSR count). The van der Waals surface area contributed by atoms with Gasteiger partial charge in [-0.05, 0) is 26.0 Å². The zero-order valence-corrected chi connectivity index (χ0v) is 8.56. The summed E-state index contributed by atoms with van der Waals surface area (Å²) >= 11 is 0. The third-order valence-corrected chi connectivity index (χ3v) is 1.63. The zero-order valence-electron chi connectivity index (χ0n) is 8.56. The van der Waals surface area contributed by atoms with Gasteiger partial charge in [0.05, 0.1) is 11.7 Å². The Balaban J connectivity index is 3.05. The lowest BCUT2D eigenvalue weighted by Gasteiger charge is -2.11. The number of isocyanates is 1. The van der Waals surface area contributed by atoms with Gasteiger partial charge < -0.3 is 4.74 Å². The van der Waals surface area contributed by atoms with E-state index >= 15 is 0 Å². The predicted molar refractivity (Wildman–Crippen MR) is 54.7 cm³/mol. The highest BCUT2D eigenvalue weighted by Crippen LogP contribution is 2.19. The number of aliphatic imine (C=N–C) groups is 1. The molecule has 0 atom stereocenters. The van der Waals surface area contributed by atoms with Crippen molar-refractivity contribution in [2.45, 2.75) is 20.0 Å². The Morgan fingerprint density at radius 3 is 2.67 bits per heavy atom. The van der Waals surface area contributed by atoms with E-state index in [4.69, 9.17) is 4.74 Å². The average Bonchev–Trinajstić information content (AvgIpc) is 2.18. The van der Waals surface area contributed by atoms with E-state index in [2.05, 4.69) is 4.99 Å². The van der Waals surface area contributed by atoms with E-state index < -0.39 is 5.91 Å². The molecule has 0 heterocycles. The number of rotatable bonds is 3. The number of hydrogen-bond acceptors (Lipinski definition) is 3. The molecule has 0 bridgehead atoms. The first-order chi connectivity index (χ1) is 7.15. The molecule has 1 aromatic rings. The standard InChI is InChI=1S/C11H11NO3/c1-8(2)15-10-6-4-3-5-9(10)11(14)12-7-13/h3-6,8H,1-2H3. The molecule has 0 unspecified atom stereocenters. The van der Waals surface area contributed by atoms with E-state index in [1.165, 1.54) is 6.08 Å². The number of carbonyl (C=O) groups is 1. The maximum absolute atomic E-state index is 11.3. The molecule has 0 saturated heterocycles. The lowest BCUT2D eigenvalue weighted by atomic mass is 10.2. The second kappa shape index (κ2) is 5.08. The lowest BCUT2D eigenvalue weighted by molar-refractivity contribution is 0.0997. The molecule has 0 aliphatic heterocycles. The van der Waals surface area contributed by atoms with Gasteiger partial charge in [0, 0.05) is 0 Å². The summed E-state index contributed by atoms with van der Waals surface area (Å²) in [4.78, 5) is 24.3. The quantitative estimate of drug-likeness (QED) is 0.559. The summed E-state index contributed by atoms with van der Waals surface area (Å²) in [6, 6.07) is 6.65. The van der Waals surface area contributed by atoms with Gasteiger partial charge in [-0.3, -0.25) is 4.79 Å². The average molecular weight is 205 g/mol. The number of benzene rings is 1. The number of ether oxygens (including phenoxy) is 1. The first kappa shape index (κ1) is 11.1. The Hall–Kier alpha value is -1.93. The van der Waals surface area contributed by atoms with Crippen molar-refractivity contribution in [2.75, 3.05) is 0 Å². The fraction of sp³-hybridized carbons (Fsp3) is 0.273. The van der Waals surface area contributed by atoms with Crippen molar-refractivity contribution >= 4 is 12.0 Å². The molecule has 1 amide bonds. The first-order valence-corrected chi connectivity index (χ1v) is 4.53. The van der Waals surface area contributed by atoms with Crippen LogP contribution in [-0.4, -0.2) is 18.1 Å². The molecule has 78 valence electrons. The minimum absolute atomic E-state index is 0.0424. The van der Waals surface area contributed by atoms with Gasteiger partial charge >= 0.3 is 0 Å². The van der Waals surface area contributed by atoms with Gasteiger partial charge in [0.25, 0.3) is 5.91 Å². The molecule has 4 heteroatoms. The van der Waals surface area contributed by atoms with Crippen LogP contribution in [0.25, 0.3) is 0 Å². The van der Waals surface area contributed by atoms with Gasteiger partial charge in [-0.25, -0.2) is 4.79 Å². The maximum atomic E-state index is 11.3. The molecule has 4 nitrogen and oxygen atoms in total. The van der Waals surface area contributed by atoms with Crippen LogP contribution in [0.4, 0.5) is 0 Å². The number of hydrogen-bond donors (Lipinski definition) is 0. The summed E-state index contributed by atoms with van der Waals surface area (Å²) < 4.78 is 5.40. The first-order valence-electron chi connectivity index (χ1n) is 4.53. The summed E-state index contributed by atoms with van der Waals surface area (Å²) in [6.07, 6.45) is 1.17. The van der Waals surface area contributed by atoms with Crippen LogP contribution in [0.3, 0.4) is 0 Å². The van der Waals surface area contributed by atoms with Crippen LogP contribution < -0.4 is 4.74 Å². The van der Waals surface area contributed by atoms with Crippen LogP contribution >= 0.6 is 0 Å². The van der Waals surface area contributed by atoms with Gasteiger partial charge in [0.15, 0.2) is 0 Å². The summed E-state index contributed by atoms with van der Waals surface area (Å²) in [7, 11) is 0. The summed E-state index contributed by atoms with van der Waals surface area (Å²) in [5.41, 5.74) is 0.273. The Labute approximate surface area is 87.6 Å². The molecule has 0 N–H and O–H groups in total. The molecule has 0 saturated carbocycles. The largest absolute Gasteiger partial charge is 0.490 e. The summed E-state index contributed by atoms with van der Waals surface area (Å²) in [5.74, 6) is -0.210. The molecular weight excluding hydrogens is 194 g/mol. The molecule has 0 aromatic heterocycles. The van der Waals surface area contributed by atoms with Crippen molar-refractivity contribution < 1.29 is 14.3 Å². The lowest BCUT2D eigenvalue weighted by Crippen LogP contribution is -2.09. The monoisotopic (exact) mass is 205 g/mol. The minimum Gasteiger partial charge on any atom is -0.490 e. The maximum Gasteiger partial charge on any atom is 0.291 e. The number of carbonyl (C=O) groups excluding carboxylic acids is 2. The highest BCUT2D eigenvalue weighted by Gasteiger charge is 2.11. The molecule has 1 aromatic carbocycles. The van der Waals surface area contributed by atoms with Crippen molar-refractivity contribution in [3.05, 3.63) is 29.8 Å². The topological polar surface area (TPSA) is 55.7 Å². The van der Waals surface area contributed by atoms with E-state index in [-0.39, 0.29) is 11.7 Å². The van der Waals surface area contributed by atoms with E-state index in [1.54, 1.807) is 24.3 Å². The molecule has 0 aliphatic carbocycles. The third kappa shape index (κ3) is 3.04. The summed E-state index contributed by atoms with van der Waals surface area (Å²) in [6.45, 7) is 3.70. The van der Waals surface area contributed by atoms with Crippen LogP contribution in [-0.2, 0) is 4.79 Å². The van der Waals surface area contributed by atoms with Crippen LogP contribution in [0.2, 0.25) is 0 Å². The predicted octanol–water partition coefficient (Wildman–Crippen LogP) is 1.95. The number of nitrogens with zero attached hydrogens (tertiary/aromatic N) is 1. The Kier molecular flexibility index (Phi) is 3.77. The zero-order chi connectivity index (χ0) is 11.3. The van der Waals surface area contributed by atoms with E-state index in [0.717, 1.165) is 0 Å². The van der Waals surface area contributed by atoms with Crippen LogP contribution in [0.15, 0.2) is 29.3 Å². The second-order valence-corrected chi connectivity index (χ2v) is 3.17. The van der Waals surface area contributed by atoms with Crippen LogP contribution in [0.5, 0.6) is 5.75 Å². The smallest absolute Gasteiger partial charge is 0.291 e. The van der Waals surface area contributed by atoms with Crippen LogP contribution in [0, 0.1) is 0 Å². The van der Waals surface area contributed by atoms with Crippen molar-refractivity contribution in [3.8, 4) is 5.75 Å². The molecular formula is C11H11NO3. The fourth-order valence-corrected chi connectivity index (χ4v) is 1.10. The van der Waals surface area contributed by atoms with E-state index in [1.807, 2.05) is 13.8 Å². The molecule has 0 fully saturated rings. The van der Waals surface area contributed by atoms with Crippen molar-refractivity contribution in [1.29, 1.82) is 0 Å². The Morgan fingerprint density at radius 1 is 1.40 bits per heavy atom. The van der Waals surface area contributed by atoms with Gasteiger partial charge in [-0.15, -0.1) is 4.99 Å². The highest BCUT2D eigenvalue weighted by molar-refractivity contribution is 5.99. The fourth-order valence-electron chi connectivity index (χ4n) is 1.10. The van der Waals surface area contributed by atoms with Gasteiger partial charge in [-0.1, -0.05) is 12.1 Å². The van der Waals surface area contributed by atoms with Gasteiger partial charge in [0.1, 0.15) is 5.75 Å². The van der Waals surface area contributed by atoms with Crippen LogP contribution in [0.1, 0.15) is 24.2 Å². The second-order valence-electron chi connectivity index (χ2n) is 3.17. The summed E-state index contributed by atoms with van der Waals surface area (Å²) in [5, 5.41) is 0. The highest BCUT2D eigenvalue weighted by atomic mass is 16.5. The molecule has 0 aliphatic rings. The van der Waals surface area contributed by atoms with E-state index in [0.29, 0.717) is 5.75 Å². The number of para-hydroxylation sites is 1. The molecule has 15 heavy (non-hydrogen) atoms. The molecule has 0 spiro atoms. The van der Waals surface area contributed by atoms with E-state index in [9.17, 15) is 9.59 Å². The Bertz CT molecular complexity index is 406. The normalized spacial score (nSPS) is 9.53. The van der Waals surface area contributed by atoms with Crippen molar-refractivity contribution in [1.82, 2.24) is 0 Å². The third-order valence-electron chi connectivity index (χ3n) is 1.63.